The van der Waals surface area contributed by atoms with Crippen LogP contribution in [0.25, 0.3) is 0 Å². The number of urea groups is 1. The van der Waals surface area contributed by atoms with Gasteiger partial charge in [0, 0.05) is 19.1 Å². The second-order valence-electron chi connectivity index (χ2n) is 4.46. The van der Waals surface area contributed by atoms with E-state index >= 15 is 0 Å². The van der Waals surface area contributed by atoms with Crippen LogP contribution in [0.2, 0.25) is 0 Å². The Kier molecular flexibility index (Phi) is 5.98. The van der Waals surface area contributed by atoms with E-state index in [0.29, 0.717) is 12.6 Å². The molecule has 2 amide bonds. The van der Waals surface area contributed by atoms with Crippen molar-refractivity contribution in [3.05, 3.63) is 12.7 Å². The molecule has 1 aliphatic rings. The van der Waals surface area contributed by atoms with E-state index in [4.69, 9.17) is 0 Å². The molecule has 3 nitrogen and oxygen atoms in total. The van der Waals surface area contributed by atoms with Crippen molar-refractivity contribution < 1.29 is 4.79 Å². The van der Waals surface area contributed by atoms with Crippen LogP contribution in [0.5, 0.6) is 0 Å². The van der Waals surface area contributed by atoms with Crippen molar-refractivity contribution in [3.8, 4) is 0 Å². The minimum Gasteiger partial charge on any atom is -0.338 e. The van der Waals surface area contributed by atoms with Gasteiger partial charge in [0.25, 0.3) is 0 Å². The molecule has 1 saturated carbocycles. The van der Waals surface area contributed by atoms with Gasteiger partial charge < -0.3 is 10.2 Å². The Morgan fingerprint density at radius 3 is 2.69 bits per heavy atom. The van der Waals surface area contributed by atoms with E-state index in [1.165, 1.54) is 19.3 Å². The van der Waals surface area contributed by atoms with Crippen LogP contribution >= 0.6 is 0 Å². The topological polar surface area (TPSA) is 32.3 Å². The van der Waals surface area contributed by atoms with Gasteiger partial charge in [-0.05, 0) is 19.3 Å². The van der Waals surface area contributed by atoms with Crippen molar-refractivity contribution in [1.82, 2.24) is 10.2 Å². The fourth-order valence-corrected chi connectivity index (χ4v) is 2.26. The average Bonchev–Trinajstić information content (AvgIpc) is 2.34. The van der Waals surface area contributed by atoms with Gasteiger partial charge in [-0.3, -0.25) is 0 Å². The lowest BCUT2D eigenvalue weighted by Gasteiger charge is -2.33. The van der Waals surface area contributed by atoms with Crippen molar-refractivity contribution >= 4 is 6.03 Å². The van der Waals surface area contributed by atoms with Crippen LogP contribution in [-0.4, -0.2) is 30.1 Å². The fourth-order valence-electron chi connectivity index (χ4n) is 2.26. The Hall–Kier alpha value is -0.990. The van der Waals surface area contributed by atoms with Crippen LogP contribution in [0.1, 0.15) is 45.4 Å². The Morgan fingerprint density at radius 1 is 1.44 bits per heavy atom. The van der Waals surface area contributed by atoms with Crippen LogP contribution in [-0.2, 0) is 0 Å². The first-order valence-electron chi connectivity index (χ1n) is 6.45. The molecular weight excluding hydrogens is 200 g/mol. The van der Waals surface area contributed by atoms with Gasteiger partial charge in [-0.25, -0.2) is 4.79 Å². The van der Waals surface area contributed by atoms with E-state index in [1.54, 1.807) is 0 Å². The Balaban J connectivity index is 2.50. The number of hydrogen-bond donors (Lipinski definition) is 1. The van der Waals surface area contributed by atoms with Crippen LogP contribution in [0.15, 0.2) is 12.7 Å². The van der Waals surface area contributed by atoms with Gasteiger partial charge in [-0.1, -0.05) is 32.3 Å². The number of amides is 2. The van der Waals surface area contributed by atoms with Gasteiger partial charge in [-0.15, -0.1) is 6.58 Å². The summed E-state index contributed by atoms with van der Waals surface area (Å²) in [4.78, 5) is 13.9. The van der Waals surface area contributed by atoms with Crippen molar-refractivity contribution in [3.63, 3.8) is 0 Å². The molecule has 3 heteroatoms. The molecule has 1 N–H and O–H groups in total. The predicted molar refractivity (Wildman–Crippen MR) is 67.5 cm³/mol. The maximum Gasteiger partial charge on any atom is 0.317 e. The molecule has 0 bridgehead atoms. The van der Waals surface area contributed by atoms with E-state index < -0.39 is 0 Å². The summed E-state index contributed by atoms with van der Waals surface area (Å²) in [5.41, 5.74) is 0. The molecular formula is C13H24N2O. The molecule has 0 aromatic carbocycles. The van der Waals surface area contributed by atoms with Crippen molar-refractivity contribution in [2.75, 3.05) is 13.1 Å². The largest absolute Gasteiger partial charge is 0.338 e. The molecule has 0 spiro atoms. The predicted octanol–water partition coefficient (Wildman–Crippen LogP) is 2.93. The average molecular weight is 224 g/mol. The zero-order valence-corrected chi connectivity index (χ0v) is 10.4. The lowest BCUT2D eigenvalue weighted by Crippen LogP contribution is -2.47. The minimum absolute atomic E-state index is 0.0775. The Morgan fingerprint density at radius 2 is 2.12 bits per heavy atom. The van der Waals surface area contributed by atoms with Gasteiger partial charge in [0.05, 0.1) is 0 Å². The highest BCUT2D eigenvalue weighted by molar-refractivity contribution is 5.74. The van der Waals surface area contributed by atoms with Crippen LogP contribution in [0.3, 0.4) is 0 Å². The lowest BCUT2D eigenvalue weighted by atomic mass is 9.94. The normalized spacial score (nSPS) is 16.8. The summed E-state index contributed by atoms with van der Waals surface area (Å²) in [5, 5.41) is 2.95. The van der Waals surface area contributed by atoms with Gasteiger partial charge in [-0.2, -0.15) is 0 Å². The maximum atomic E-state index is 12.0. The molecule has 16 heavy (non-hydrogen) atoms. The summed E-state index contributed by atoms with van der Waals surface area (Å²) in [6, 6.07) is 0.497. The molecule has 0 saturated heterocycles. The van der Waals surface area contributed by atoms with Crippen molar-refractivity contribution in [1.29, 1.82) is 0 Å². The quantitative estimate of drug-likeness (QED) is 0.715. The number of nitrogens with one attached hydrogen (secondary N) is 1. The molecule has 0 aromatic rings. The zero-order chi connectivity index (χ0) is 11.8. The smallest absolute Gasteiger partial charge is 0.317 e. The van der Waals surface area contributed by atoms with E-state index in [-0.39, 0.29) is 6.03 Å². The SMILES string of the molecule is C=CCN(C(=O)NCCC)C1CCCCC1. The molecule has 0 atom stereocenters. The summed E-state index contributed by atoms with van der Waals surface area (Å²) >= 11 is 0. The molecule has 1 aliphatic carbocycles. The van der Waals surface area contributed by atoms with Crippen LogP contribution < -0.4 is 5.32 Å². The summed E-state index contributed by atoms with van der Waals surface area (Å²) in [6.45, 7) is 7.23. The van der Waals surface area contributed by atoms with Crippen LogP contribution in [0.4, 0.5) is 4.79 Å². The summed E-state index contributed by atoms with van der Waals surface area (Å²) in [5.74, 6) is 0. The molecule has 0 radical (unpaired) electrons. The van der Waals surface area contributed by atoms with Crippen molar-refractivity contribution in [2.45, 2.75) is 51.5 Å². The molecule has 0 aliphatic heterocycles. The number of rotatable bonds is 5. The monoisotopic (exact) mass is 224 g/mol. The molecule has 0 aromatic heterocycles. The number of hydrogen-bond acceptors (Lipinski definition) is 1. The number of nitrogens with zero attached hydrogens (tertiary/aromatic N) is 1. The lowest BCUT2D eigenvalue weighted by molar-refractivity contribution is 0.164. The van der Waals surface area contributed by atoms with Gasteiger partial charge in [0.2, 0.25) is 0 Å². The molecule has 0 unspecified atom stereocenters. The van der Waals surface area contributed by atoms with Crippen molar-refractivity contribution in [2.24, 2.45) is 0 Å². The van der Waals surface area contributed by atoms with E-state index in [1.807, 2.05) is 11.0 Å². The first kappa shape index (κ1) is 13.1. The summed E-state index contributed by atoms with van der Waals surface area (Å²) in [7, 11) is 0. The third-order valence-electron chi connectivity index (χ3n) is 3.13. The minimum atomic E-state index is 0.0775. The summed E-state index contributed by atoms with van der Waals surface area (Å²) < 4.78 is 0. The second-order valence-corrected chi connectivity index (χ2v) is 4.46. The highest BCUT2D eigenvalue weighted by Crippen LogP contribution is 2.22. The standard InChI is InChI=1S/C13H24N2O/c1-3-10-14-13(16)15(11-4-2)12-8-6-5-7-9-12/h4,12H,2-3,5-11H2,1H3,(H,14,16). The first-order chi connectivity index (χ1) is 7.79. The Bertz CT molecular complexity index is 222. The molecule has 92 valence electrons. The molecule has 1 rings (SSSR count). The first-order valence-corrected chi connectivity index (χ1v) is 6.45. The highest BCUT2D eigenvalue weighted by atomic mass is 16.2. The Labute approximate surface area is 98.9 Å². The number of carbonyl (C=O) groups is 1. The molecule has 1 fully saturated rings. The van der Waals surface area contributed by atoms with Gasteiger partial charge in [0.1, 0.15) is 0 Å². The van der Waals surface area contributed by atoms with E-state index in [0.717, 1.165) is 25.8 Å². The van der Waals surface area contributed by atoms with Gasteiger partial charge in [0.15, 0.2) is 0 Å². The summed E-state index contributed by atoms with van der Waals surface area (Å²) in [6.07, 6.45) is 8.91. The van der Waals surface area contributed by atoms with Gasteiger partial charge >= 0.3 is 6.03 Å². The second kappa shape index (κ2) is 7.31. The third-order valence-corrected chi connectivity index (χ3v) is 3.13. The fraction of sp³-hybridized carbons (Fsp3) is 0.769. The zero-order valence-electron chi connectivity index (χ0n) is 10.4. The number of carbonyl (C=O) groups excluding carboxylic acids is 1. The van der Waals surface area contributed by atoms with E-state index in [2.05, 4.69) is 18.8 Å². The maximum absolute atomic E-state index is 12.0. The highest BCUT2D eigenvalue weighted by Gasteiger charge is 2.23. The van der Waals surface area contributed by atoms with Crippen LogP contribution in [0, 0.1) is 0 Å². The molecule has 0 heterocycles. The van der Waals surface area contributed by atoms with E-state index in [9.17, 15) is 4.79 Å². The third kappa shape index (κ3) is 3.87.